The van der Waals surface area contributed by atoms with Gasteiger partial charge in [0.2, 0.25) is 0 Å². The van der Waals surface area contributed by atoms with Crippen molar-refractivity contribution in [1.29, 1.82) is 0 Å². The molecule has 5 rings (SSSR count). The number of hydrogen-bond acceptors (Lipinski definition) is 5. The summed E-state index contributed by atoms with van der Waals surface area (Å²) in [4.78, 5) is 22.7. The summed E-state index contributed by atoms with van der Waals surface area (Å²) in [5.74, 6) is 2.23. The lowest BCUT2D eigenvalue weighted by Crippen LogP contribution is -2.33. The minimum atomic E-state index is -0.0267. The summed E-state index contributed by atoms with van der Waals surface area (Å²) in [7, 11) is 1.63. The molecule has 3 aromatic heterocycles. The Bertz CT molecular complexity index is 1290. The van der Waals surface area contributed by atoms with E-state index >= 15 is 0 Å². The van der Waals surface area contributed by atoms with Gasteiger partial charge in [0.25, 0.3) is 11.3 Å². The lowest BCUT2D eigenvalue weighted by atomic mass is 9.78. The van der Waals surface area contributed by atoms with Crippen molar-refractivity contribution in [3.8, 4) is 17.0 Å². The van der Waals surface area contributed by atoms with Crippen molar-refractivity contribution in [1.82, 2.24) is 24.1 Å². The monoisotopic (exact) mass is 403 g/mol. The predicted octanol–water partition coefficient (Wildman–Crippen LogP) is 4.11. The summed E-state index contributed by atoms with van der Waals surface area (Å²) >= 11 is 0. The maximum atomic E-state index is 13.8. The Morgan fingerprint density at radius 2 is 2.03 bits per heavy atom. The second-order valence-electron chi connectivity index (χ2n) is 8.29. The zero-order valence-electron chi connectivity index (χ0n) is 17.4. The molecule has 30 heavy (non-hydrogen) atoms. The standard InChI is InChI=1S/C23H25N5O2/c1-14-6-4-9-19(15(14)2)27-11-10-18-20(22(27)29)21(28-23(26-18)24-13-25-28)16-7-5-8-17(12-16)30-3/h5,7-8,10-15,19H,4,6,9H2,1-3H3/t14-,15+,19-/m1/s1. The molecule has 154 valence electrons. The summed E-state index contributed by atoms with van der Waals surface area (Å²) in [6.07, 6.45) is 6.75. The highest BCUT2D eigenvalue weighted by Crippen LogP contribution is 2.37. The number of aromatic nitrogens is 5. The van der Waals surface area contributed by atoms with Gasteiger partial charge in [-0.2, -0.15) is 14.6 Å². The molecule has 1 saturated carbocycles. The van der Waals surface area contributed by atoms with Gasteiger partial charge in [0.1, 0.15) is 12.1 Å². The van der Waals surface area contributed by atoms with Crippen LogP contribution >= 0.6 is 0 Å². The van der Waals surface area contributed by atoms with Crippen molar-refractivity contribution in [3.63, 3.8) is 0 Å². The number of methoxy groups -OCH3 is 1. The van der Waals surface area contributed by atoms with Crippen LogP contribution in [0.4, 0.5) is 0 Å². The van der Waals surface area contributed by atoms with Gasteiger partial charge in [0.05, 0.1) is 23.7 Å². The molecule has 0 spiro atoms. The number of nitrogens with zero attached hydrogens (tertiary/aromatic N) is 5. The SMILES string of the molecule is COc1cccc(-c2c3c(=O)n([C@@H]4CCC[C@@H](C)[C@@H]4C)ccc3nc3ncnn23)c1. The average molecular weight is 403 g/mol. The van der Waals surface area contributed by atoms with Crippen LogP contribution in [0.3, 0.4) is 0 Å². The normalized spacial score (nSPS) is 21.9. The average Bonchev–Trinajstić information content (AvgIpc) is 3.23. The first-order chi connectivity index (χ1) is 14.6. The number of hydrogen-bond donors (Lipinski definition) is 0. The Kier molecular flexibility index (Phi) is 4.53. The first-order valence-corrected chi connectivity index (χ1v) is 10.5. The minimum Gasteiger partial charge on any atom is -0.497 e. The first kappa shape index (κ1) is 18.8. The molecule has 3 heterocycles. The smallest absolute Gasteiger partial charge is 0.262 e. The number of fused-ring (bicyclic) bond motifs is 2. The molecule has 0 N–H and O–H groups in total. The zero-order valence-corrected chi connectivity index (χ0v) is 17.4. The van der Waals surface area contributed by atoms with Gasteiger partial charge in [-0.05, 0) is 36.5 Å². The second-order valence-corrected chi connectivity index (χ2v) is 8.29. The van der Waals surface area contributed by atoms with E-state index in [1.807, 2.05) is 41.1 Å². The van der Waals surface area contributed by atoms with E-state index in [1.165, 1.54) is 12.7 Å². The predicted molar refractivity (Wildman–Crippen MR) is 116 cm³/mol. The maximum absolute atomic E-state index is 13.8. The summed E-state index contributed by atoms with van der Waals surface area (Å²) in [6.45, 7) is 4.54. The molecule has 0 unspecified atom stereocenters. The van der Waals surface area contributed by atoms with Crippen LogP contribution in [0, 0.1) is 11.8 Å². The molecular weight excluding hydrogens is 378 g/mol. The molecule has 3 atom stereocenters. The van der Waals surface area contributed by atoms with Crippen LogP contribution in [-0.4, -0.2) is 31.3 Å². The summed E-state index contributed by atoms with van der Waals surface area (Å²) < 4.78 is 8.97. The Balaban J connectivity index is 1.82. The maximum Gasteiger partial charge on any atom is 0.262 e. The van der Waals surface area contributed by atoms with Crippen LogP contribution in [0.5, 0.6) is 5.75 Å². The van der Waals surface area contributed by atoms with E-state index in [0.717, 1.165) is 24.2 Å². The molecule has 0 radical (unpaired) electrons. The molecule has 0 saturated heterocycles. The molecule has 1 aliphatic rings. The van der Waals surface area contributed by atoms with E-state index in [4.69, 9.17) is 4.74 Å². The van der Waals surface area contributed by atoms with Crippen LogP contribution in [-0.2, 0) is 0 Å². The molecule has 1 aliphatic carbocycles. The molecule has 1 fully saturated rings. The van der Waals surface area contributed by atoms with Crippen LogP contribution < -0.4 is 10.3 Å². The van der Waals surface area contributed by atoms with E-state index in [-0.39, 0.29) is 11.6 Å². The van der Waals surface area contributed by atoms with E-state index in [0.29, 0.717) is 34.2 Å². The van der Waals surface area contributed by atoms with E-state index < -0.39 is 0 Å². The molecular formula is C23H25N5O2. The van der Waals surface area contributed by atoms with Gasteiger partial charge < -0.3 is 9.30 Å². The number of pyridine rings is 1. The highest BCUT2D eigenvalue weighted by Gasteiger charge is 2.30. The third-order valence-corrected chi connectivity index (χ3v) is 6.66. The van der Waals surface area contributed by atoms with Crippen LogP contribution in [0.25, 0.3) is 27.9 Å². The van der Waals surface area contributed by atoms with Crippen molar-refractivity contribution < 1.29 is 4.74 Å². The molecule has 0 aliphatic heterocycles. The molecule has 1 aromatic carbocycles. The third kappa shape index (κ3) is 2.88. The number of benzene rings is 1. The van der Waals surface area contributed by atoms with Gasteiger partial charge in [-0.3, -0.25) is 4.79 Å². The fourth-order valence-corrected chi connectivity index (χ4v) is 4.78. The van der Waals surface area contributed by atoms with Crippen molar-refractivity contribution in [3.05, 3.63) is 53.2 Å². The minimum absolute atomic E-state index is 0.0267. The summed E-state index contributed by atoms with van der Waals surface area (Å²) in [5, 5.41) is 4.93. The Morgan fingerprint density at radius 3 is 2.87 bits per heavy atom. The highest BCUT2D eigenvalue weighted by molar-refractivity contribution is 5.93. The highest BCUT2D eigenvalue weighted by atomic mass is 16.5. The van der Waals surface area contributed by atoms with Crippen LogP contribution in [0.15, 0.2) is 47.7 Å². The Morgan fingerprint density at radius 1 is 1.17 bits per heavy atom. The van der Waals surface area contributed by atoms with Gasteiger partial charge in [0.15, 0.2) is 0 Å². The molecule has 0 bridgehead atoms. The third-order valence-electron chi connectivity index (χ3n) is 6.66. The van der Waals surface area contributed by atoms with Crippen molar-refractivity contribution in [2.45, 2.75) is 39.2 Å². The molecule has 7 heteroatoms. The quantitative estimate of drug-likeness (QED) is 0.515. The van der Waals surface area contributed by atoms with Gasteiger partial charge in [-0.25, -0.2) is 4.98 Å². The van der Waals surface area contributed by atoms with E-state index in [9.17, 15) is 4.79 Å². The first-order valence-electron chi connectivity index (χ1n) is 10.5. The number of ether oxygens (including phenoxy) is 1. The fraction of sp³-hybridized carbons (Fsp3) is 0.391. The Labute approximate surface area is 174 Å². The molecule has 4 aromatic rings. The summed E-state index contributed by atoms with van der Waals surface area (Å²) in [6, 6.07) is 9.79. The van der Waals surface area contributed by atoms with Gasteiger partial charge in [0, 0.05) is 17.8 Å². The Hall–Kier alpha value is -3.22. The van der Waals surface area contributed by atoms with Crippen LogP contribution in [0.1, 0.15) is 39.2 Å². The van der Waals surface area contributed by atoms with E-state index in [1.54, 1.807) is 11.6 Å². The topological polar surface area (TPSA) is 74.3 Å². The van der Waals surface area contributed by atoms with Gasteiger partial charge in [-0.15, -0.1) is 0 Å². The largest absolute Gasteiger partial charge is 0.497 e. The summed E-state index contributed by atoms with van der Waals surface area (Å²) in [5.41, 5.74) is 2.15. The zero-order chi connectivity index (χ0) is 20.8. The van der Waals surface area contributed by atoms with Gasteiger partial charge >= 0.3 is 0 Å². The van der Waals surface area contributed by atoms with Crippen molar-refractivity contribution >= 4 is 16.7 Å². The lowest BCUT2D eigenvalue weighted by Gasteiger charge is -2.35. The second kappa shape index (κ2) is 7.23. The van der Waals surface area contributed by atoms with E-state index in [2.05, 4.69) is 28.9 Å². The lowest BCUT2D eigenvalue weighted by molar-refractivity contribution is 0.183. The molecule has 7 nitrogen and oxygen atoms in total. The van der Waals surface area contributed by atoms with Crippen molar-refractivity contribution in [2.75, 3.05) is 7.11 Å². The van der Waals surface area contributed by atoms with Crippen LogP contribution in [0.2, 0.25) is 0 Å². The number of rotatable bonds is 3. The fourth-order valence-electron chi connectivity index (χ4n) is 4.78. The van der Waals surface area contributed by atoms with Crippen molar-refractivity contribution in [2.24, 2.45) is 11.8 Å². The molecule has 0 amide bonds. The van der Waals surface area contributed by atoms with Gasteiger partial charge in [-0.1, -0.05) is 38.8 Å².